The average molecular weight is 523 g/mol. The van der Waals surface area contributed by atoms with Crippen LogP contribution in [0.2, 0.25) is 0 Å². The largest absolute Gasteiger partial charge is 0.462 e. The first-order valence-electron chi connectivity index (χ1n) is 16.1. The van der Waals surface area contributed by atoms with Crippen LogP contribution in [0.4, 0.5) is 0 Å². The minimum absolute atomic E-state index is 0.0188. The van der Waals surface area contributed by atoms with Crippen molar-refractivity contribution in [3.8, 4) is 0 Å². The van der Waals surface area contributed by atoms with Gasteiger partial charge in [0.15, 0.2) is 0 Å². The minimum atomic E-state index is -0.0475. The standard InChI is InChI=1S/C36H58O2/c1-23(2)11-14-30(37)38-29-17-19-34(8)27(32(29,5)6)16-20-36(10)28(34)13-12-26-31-25(4)24(3)15-18-33(31,7)21-22-35(26,36)9/h11,24,26-29,31H,4,12-22H2,1-3,5-10H3/t24-,26+,27-,28+,29-,31+,33+,34-,35+,36+/m0/s1. The summed E-state index contributed by atoms with van der Waals surface area (Å²) < 4.78 is 6.22. The van der Waals surface area contributed by atoms with Gasteiger partial charge in [-0.15, -0.1) is 0 Å². The van der Waals surface area contributed by atoms with Crippen molar-refractivity contribution in [2.75, 3.05) is 0 Å². The number of carbonyl (C=O) groups is 1. The molecular weight excluding hydrogens is 464 g/mol. The van der Waals surface area contributed by atoms with Gasteiger partial charge in [0.25, 0.3) is 0 Å². The number of hydrogen-bond acceptors (Lipinski definition) is 2. The molecule has 2 nitrogen and oxygen atoms in total. The van der Waals surface area contributed by atoms with Crippen LogP contribution in [0.15, 0.2) is 23.8 Å². The summed E-state index contributed by atoms with van der Waals surface area (Å²) in [5.74, 6) is 3.51. The summed E-state index contributed by atoms with van der Waals surface area (Å²) in [4.78, 5) is 12.7. The SMILES string of the molecule is C=C1[C@@H]2[C@H]3CC[C@@H]4[C@@]5(C)CC[C@H](OC(=O)CC=C(C)C)C(C)(C)[C@@H]5CC[C@@]4(C)[C@]3(C)CC[C@@]2(C)CC[C@@H]1C. The maximum Gasteiger partial charge on any atom is 0.309 e. The van der Waals surface area contributed by atoms with Gasteiger partial charge in [0.05, 0.1) is 6.42 Å². The Morgan fingerprint density at radius 2 is 1.58 bits per heavy atom. The molecule has 5 fully saturated rings. The zero-order chi connectivity index (χ0) is 27.9. The fraction of sp³-hybridized carbons (Fsp3) is 0.861. The molecule has 0 aliphatic heterocycles. The summed E-state index contributed by atoms with van der Waals surface area (Å²) in [5.41, 5.74) is 4.36. The van der Waals surface area contributed by atoms with E-state index in [4.69, 9.17) is 11.3 Å². The molecule has 5 aliphatic rings. The van der Waals surface area contributed by atoms with Gasteiger partial charge >= 0.3 is 5.97 Å². The van der Waals surface area contributed by atoms with Crippen LogP contribution in [0, 0.1) is 56.7 Å². The van der Waals surface area contributed by atoms with E-state index in [9.17, 15) is 4.79 Å². The second-order valence-electron chi connectivity index (χ2n) is 16.6. The lowest BCUT2D eigenvalue weighted by Crippen LogP contribution is -2.67. The number of ether oxygens (including phenoxy) is 1. The van der Waals surface area contributed by atoms with Crippen molar-refractivity contribution in [2.24, 2.45) is 56.7 Å². The van der Waals surface area contributed by atoms with E-state index < -0.39 is 0 Å². The number of rotatable bonds is 3. The predicted octanol–water partition coefficient (Wildman–Crippen LogP) is 9.93. The molecule has 10 atom stereocenters. The Kier molecular flexibility index (Phi) is 6.92. The Labute approximate surface area is 234 Å². The first-order chi connectivity index (χ1) is 17.6. The molecule has 5 rings (SSSR count). The Hall–Kier alpha value is -1.05. The monoisotopic (exact) mass is 522 g/mol. The molecular formula is C36H58O2. The molecule has 0 radical (unpaired) electrons. The van der Waals surface area contributed by atoms with Crippen molar-refractivity contribution in [1.29, 1.82) is 0 Å². The third kappa shape index (κ3) is 3.95. The molecule has 0 aromatic rings. The van der Waals surface area contributed by atoms with E-state index >= 15 is 0 Å². The smallest absolute Gasteiger partial charge is 0.309 e. The molecule has 0 amide bonds. The van der Waals surface area contributed by atoms with Crippen molar-refractivity contribution in [2.45, 2.75) is 139 Å². The summed E-state index contributed by atoms with van der Waals surface area (Å²) in [5, 5.41) is 0. The lowest BCUT2D eigenvalue weighted by atomic mass is 9.31. The molecule has 0 saturated heterocycles. The van der Waals surface area contributed by atoms with Gasteiger partial charge in [0.2, 0.25) is 0 Å². The van der Waals surface area contributed by atoms with Crippen LogP contribution in [0.1, 0.15) is 133 Å². The third-order valence-corrected chi connectivity index (χ3v) is 14.4. The van der Waals surface area contributed by atoms with Crippen LogP contribution in [-0.2, 0) is 9.53 Å². The van der Waals surface area contributed by atoms with Gasteiger partial charge in [-0.3, -0.25) is 4.79 Å². The van der Waals surface area contributed by atoms with Gasteiger partial charge in [-0.05, 0) is 129 Å². The zero-order valence-electron chi connectivity index (χ0n) is 26.3. The number of esters is 1. The van der Waals surface area contributed by atoms with Crippen LogP contribution in [0.25, 0.3) is 0 Å². The van der Waals surface area contributed by atoms with E-state index in [1.54, 1.807) is 5.57 Å². The number of fused-ring (bicyclic) bond motifs is 7. The van der Waals surface area contributed by atoms with E-state index in [2.05, 4.69) is 62.3 Å². The minimum Gasteiger partial charge on any atom is -0.462 e. The van der Waals surface area contributed by atoms with Gasteiger partial charge in [-0.2, -0.15) is 0 Å². The molecule has 0 bridgehead atoms. The summed E-state index contributed by atoms with van der Waals surface area (Å²) in [6, 6.07) is 0. The highest BCUT2D eigenvalue weighted by molar-refractivity contribution is 5.71. The van der Waals surface area contributed by atoms with E-state index in [1.807, 2.05) is 6.08 Å². The number of allylic oxidation sites excluding steroid dienone is 2. The lowest BCUT2D eigenvalue weighted by Gasteiger charge is -2.73. The van der Waals surface area contributed by atoms with Gasteiger partial charge < -0.3 is 4.74 Å². The maximum atomic E-state index is 12.7. The van der Waals surface area contributed by atoms with Crippen LogP contribution in [0.5, 0.6) is 0 Å². The van der Waals surface area contributed by atoms with Crippen molar-refractivity contribution < 1.29 is 9.53 Å². The quantitative estimate of drug-likeness (QED) is 0.272. The fourth-order valence-electron chi connectivity index (χ4n) is 11.9. The molecule has 214 valence electrons. The molecule has 38 heavy (non-hydrogen) atoms. The maximum absolute atomic E-state index is 12.7. The van der Waals surface area contributed by atoms with Crippen LogP contribution < -0.4 is 0 Å². The van der Waals surface area contributed by atoms with Crippen molar-refractivity contribution in [1.82, 2.24) is 0 Å². The first kappa shape index (κ1) is 28.5. The van der Waals surface area contributed by atoms with Gasteiger partial charge in [0, 0.05) is 5.41 Å². The predicted molar refractivity (Wildman–Crippen MR) is 159 cm³/mol. The van der Waals surface area contributed by atoms with E-state index in [-0.39, 0.29) is 17.5 Å². The van der Waals surface area contributed by atoms with E-state index in [0.717, 1.165) is 18.3 Å². The lowest BCUT2D eigenvalue weighted by molar-refractivity contribution is -0.248. The zero-order valence-corrected chi connectivity index (χ0v) is 26.3. The Bertz CT molecular complexity index is 1000. The highest BCUT2D eigenvalue weighted by Gasteiger charge is 2.69. The van der Waals surface area contributed by atoms with Crippen LogP contribution in [0.3, 0.4) is 0 Å². The number of hydrogen-bond donors (Lipinski definition) is 0. The fourth-order valence-corrected chi connectivity index (χ4v) is 11.9. The van der Waals surface area contributed by atoms with Crippen molar-refractivity contribution in [3.05, 3.63) is 23.8 Å². The summed E-state index contributed by atoms with van der Waals surface area (Å²) in [6.45, 7) is 26.9. The molecule has 0 unspecified atom stereocenters. The van der Waals surface area contributed by atoms with Gasteiger partial charge in [-0.25, -0.2) is 0 Å². The van der Waals surface area contributed by atoms with Crippen LogP contribution in [-0.4, -0.2) is 12.1 Å². The molecule has 0 aromatic heterocycles. The average Bonchev–Trinajstić information content (AvgIpc) is 2.83. The summed E-state index contributed by atoms with van der Waals surface area (Å²) in [6.07, 6.45) is 15.5. The second kappa shape index (κ2) is 9.24. The summed E-state index contributed by atoms with van der Waals surface area (Å²) in [7, 11) is 0. The third-order valence-electron chi connectivity index (χ3n) is 14.4. The number of carbonyl (C=O) groups excluding carboxylic acids is 1. The molecule has 2 heteroatoms. The van der Waals surface area contributed by atoms with E-state index in [1.165, 1.54) is 63.4 Å². The van der Waals surface area contributed by atoms with Crippen LogP contribution >= 0.6 is 0 Å². The highest BCUT2D eigenvalue weighted by atomic mass is 16.5. The molecule has 0 spiro atoms. The second-order valence-corrected chi connectivity index (χ2v) is 16.6. The van der Waals surface area contributed by atoms with Gasteiger partial charge in [-0.1, -0.05) is 72.3 Å². The Morgan fingerprint density at radius 3 is 2.26 bits per heavy atom. The molecule has 5 saturated carbocycles. The van der Waals surface area contributed by atoms with Crippen molar-refractivity contribution in [3.63, 3.8) is 0 Å². The van der Waals surface area contributed by atoms with Crippen molar-refractivity contribution >= 4 is 5.97 Å². The van der Waals surface area contributed by atoms with Gasteiger partial charge in [0.1, 0.15) is 6.10 Å². The molecule has 5 aliphatic carbocycles. The first-order valence-corrected chi connectivity index (χ1v) is 16.1. The normalized spacial score (nSPS) is 49.6. The topological polar surface area (TPSA) is 26.3 Å². The Morgan fingerprint density at radius 1 is 0.868 bits per heavy atom. The molecule has 0 heterocycles. The summed E-state index contributed by atoms with van der Waals surface area (Å²) >= 11 is 0. The Balaban J connectivity index is 1.42. The molecule has 0 aromatic carbocycles. The highest BCUT2D eigenvalue weighted by Crippen LogP contribution is 2.77. The van der Waals surface area contributed by atoms with E-state index in [0.29, 0.717) is 45.8 Å². The molecule has 0 N–H and O–H groups in total.